The number of hydrogen-bond acceptors (Lipinski definition) is 2. The van der Waals surface area contributed by atoms with Crippen molar-refractivity contribution in [2.24, 2.45) is 5.92 Å². The Labute approximate surface area is 94.1 Å². The van der Waals surface area contributed by atoms with Crippen LogP contribution in [0.1, 0.15) is 46.5 Å². The quantitative estimate of drug-likeness (QED) is 0.729. The SMILES string of the molecule is CCCC(C)C(NCC)C1=CCCCO1. The van der Waals surface area contributed by atoms with E-state index in [-0.39, 0.29) is 0 Å². The Morgan fingerprint density at radius 1 is 1.47 bits per heavy atom. The summed E-state index contributed by atoms with van der Waals surface area (Å²) in [6.07, 6.45) is 7.12. The lowest BCUT2D eigenvalue weighted by molar-refractivity contribution is 0.151. The highest BCUT2D eigenvalue weighted by molar-refractivity contribution is 5.07. The summed E-state index contributed by atoms with van der Waals surface area (Å²) in [7, 11) is 0. The van der Waals surface area contributed by atoms with Gasteiger partial charge in [0.2, 0.25) is 0 Å². The smallest absolute Gasteiger partial charge is 0.109 e. The van der Waals surface area contributed by atoms with Crippen LogP contribution in [0.2, 0.25) is 0 Å². The zero-order valence-corrected chi connectivity index (χ0v) is 10.4. The van der Waals surface area contributed by atoms with Gasteiger partial charge in [-0.05, 0) is 37.8 Å². The molecule has 2 nitrogen and oxygen atoms in total. The first-order valence-corrected chi connectivity index (χ1v) is 6.35. The summed E-state index contributed by atoms with van der Waals surface area (Å²) >= 11 is 0. The minimum Gasteiger partial charge on any atom is -0.497 e. The van der Waals surface area contributed by atoms with E-state index in [0.29, 0.717) is 12.0 Å². The van der Waals surface area contributed by atoms with E-state index in [9.17, 15) is 0 Å². The fourth-order valence-corrected chi connectivity index (χ4v) is 2.22. The average molecular weight is 211 g/mol. The van der Waals surface area contributed by atoms with Gasteiger partial charge in [-0.25, -0.2) is 0 Å². The number of ether oxygens (including phenoxy) is 1. The van der Waals surface area contributed by atoms with Crippen LogP contribution in [0, 0.1) is 5.92 Å². The van der Waals surface area contributed by atoms with Gasteiger partial charge in [0.25, 0.3) is 0 Å². The van der Waals surface area contributed by atoms with Gasteiger partial charge in [0.1, 0.15) is 5.76 Å². The third-order valence-corrected chi connectivity index (χ3v) is 3.01. The molecule has 0 fully saturated rings. The second-order valence-corrected chi connectivity index (χ2v) is 4.40. The van der Waals surface area contributed by atoms with E-state index in [4.69, 9.17) is 4.74 Å². The molecule has 1 heterocycles. The van der Waals surface area contributed by atoms with Crippen LogP contribution in [0.5, 0.6) is 0 Å². The molecule has 0 spiro atoms. The van der Waals surface area contributed by atoms with E-state index in [1.54, 1.807) is 0 Å². The van der Waals surface area contributed by atoms with Crippen molar-refractivity contribution in [3.05, 3.63) is 11.8 Å². The maximum atomic E-state index is 5.76. The Kier molecular flexibility index (Phi) is 5.77. The van der Waals surface area contributed by atoms with Gasteiger partial charge < -0.3 is 10.1 Å². The lowest BCUT2D eigenvalue weighted by atomic mass is 9.94. The molecule has 0 amide bonds. The van der Waals surface area contributed by atoms with Gasteiger partial charge in [-0.2, -0.15) is 0 Å². The van der Waals surface area contributed by atoms with Gasteiger partial charge in [0.15, 0.2) is 0 Å². The molecule has 0 aliphatic carbocycles. The van der Waals surface area contributed by atoms with Gasteiger partial charge in [0.05, 0.1) is 12.6 Å². The Morgan fingerprint density at radius 2 is 2.27 bits per heavy atom. The first-order chi connectivity index (χ1) is 7.29. The number of likely N-dealkylation sites (N-methyl/N-ethyl adjacent to an activating group) is 1. The Balaban J connectivity index is 2.58. The molecule has 0 bridgehead atoms. The van der Waals surface area contributed by atoms with E-state index in [2.05, 4.69) is 32.2 Å². The van der Waals surface area contributed by atoms with E-state index < -0.39 is 0 Å². The molecule has 0 saturated carbocycles. The molecule has 1 aliphatic rings. The molecule has 0 aromatic carbocycles. The fourth-order valence-electron chi connectivity index (χ4n) is 2.22. The normalized spacial score (nSPS) is 20.3. The standard InChI is InChI=1S/C13H25NO/c1-4-8-11(3)13(14-5-2)12-9-6-7-10-15-12/h9,11,13-14H,4-8,10H2,1-3H3. The monoisotopic (exact) mass is 211 g/mol. The molecule has 0 radical (unpaired) electrons. The van der Waals surface area contributed by atoms with E-state index in [1.165, 1.54) is 31.4 Å². The highest BCUT2D eigenvalue weighted by Crippen LogP contribution is 2.22. The predicted octanol–water partition coefficient (Wildman–Crippen LogP) is 3.10. The van der Waals surface area contributed by atoms with Crippen molar-refractivity contribution in [3.63, 3.8) is 0 Å². The topological polar surface area (TPSA) is 21.3 Å². The van der Waals surface area contributed by atoms with Crippen molar-refractivity contribution in [1.29, 1.82) is 0 Å². The summed E-state index contributed by atoms with van der Waals surface area (Å²) < 4.78 is 5.76. The van der Waals surface area contributed by atoms with Gasteiger partial charge in [-0.3, -0.25) is 0 Å². The van der Waals surface area contributed by atoms with Gasteiger partial charge >= 0.3 is 0 Å². The highest BCUT2D eigenvalue weighted by Gasteiger charge is 2.22. The fraction of sp³-hybridized carbons (Fsp3) is 0.846. The lowest BCUT2D eigenvalue weighted by Gasteiger charge is -2.29. The molecular weight excluding hydrogens is 186 g/mol. The zero-order chi connectivity index (χ0) is 11.1. The summed E-state index contributed by atoms with van der Waals surface area (Å²) in [6, 6.07) is 0.426. The third-order valence-electron chi connectivity index (χ3n) is 3.01. The Hall–Kier alpha value is -0.500. The van der Waals surface area contributed by atoms with Crippen molar-refractivity contribution >= 4 is 0 Å². The van der Waals surface area contributed by atoms with Crippen molar-refractivity contribution < 1.29 is 4.74 Å². The second kappa shape index (κ2) is 6.89. The van der Waals surface area contributed by atoms with Gasteiger partial charge in [-0.15, -0.1) is 0 Å². The van der Waals surface area contributed by atoms with E-state index in [0.717, 1.165) is 13.2 Å². The molecule has 2 unspecified atom stereocenters. The van der Waals surface area contributed by atoms with Gasteiger partial charge in [-0.1, -0.05) is 27.2 Å². The number of allylic oxidation sites excluding steroid dienone is 1. The Bertz CT molecular complexity index is 201. The van der Waals surface area contributed by atoms with E-state index in [1.807, 2.05) is 0 Å². The van der Waals surface area contributed by atoms with Crippen molar-refractivity contribution in [2.45, 2.75) is 52.5 Å². The van der Waals surface area contributed by atoms with Crippen LogP contribution >= 0.6 is 0 Å². The summed E-state index contributed by atoms with van der Waals surface area (Å²) in [5.41, 5.74) is 0. The molecule has 0 aromatic rings. The summed E-state index contributed by atoms with van der Waals surface area (Å²) in [6.45, 7) is 8.63. The van der Waals surface area contributed by atoms with Crippen molar-refractivity contribution in [1.82, 2.24) is 5.32 Å². The summed E-state index contributed by atoms with van der Waals surface area (Å²) in [4.78, 5) is 0. The molecular formula is C13H25NO. The maximum absolute atomic E-state index is 5.76. The molecule has 0 aromatic heterocycles. The largest absolute Gasteiger partial charge is 0.497 e. The summed E-state index contributed by atoms with van der Waals surface area (Å²) in [5.74, 6) is 1.85. The molecule has 15 heavy (non-hydrogen) atoms. The number of rotatable bonds is 6. The average Bonchev–Trinajstić information content (AvgIpc) is 2.27. The van der Waals surface area contributed by atoms with Crippen molar-refractivity contribution in [2.75, 3.05) is 13.2 Å². The lowest BCUT2D eigenvalue weighted by Crippen LogP contribution is -2.38. The van der Waals surface area contributed by atoms with Crippen LogP contribution in [-0.2, 0) is 4.74 Å². The highest BCUT2D eigenvalue weighted by atomic mass is 16.5. The van der Waals surface area contributed by atoms with Crippen molar-refractivity contribution in [3.8, 4) is 0 Å². The Morgan fingerprint density at radius 3 is 2.80 bits per heavy atom. The minimum absolute atomic E-state index is 0.426. The van der Waals surface area contributed by atoms with Crippen LogP contribution in [0.25, 0.3) is 0 Å². The van der Waals surface area contributed by atoms with Crippen LogP contribution in [-0.4, -0.2) is 19.2 Å². The first kappa shape index (κ1) is 12.6. The van der Waals surface area contributed by atoms with Crippen LogP contribution in [0.3, 0.4) is 0 Å². The molecule has 2 heteroatoms. The van der Waals surface area contributed by atoms with E-state index >= 15 is 0 Å². The van der Waals surface area contributed by atoms with Crippen LogP contribution in [0.15, 0.2) is 11.8 Å². The molecule has 88 valence electrons. The first-order valence-electron chi connectivity index (χ1n) is 6.35. The maximum Gasteiger partial charge on any atom is 0.109 e. The molecule has 1 N–H and O–H groups in total. The summed E-state index contributed by atoms with van der Waals surface area (Å²) in [5, 5.41) is 3.54. The van der Waals surface area contributed by atoms with Crippen LogP contribution in [0.4, 0.5) is 0 Å². The zero-order valence-electron chi connectivity index (χ0n) is 10.4. The molecule has 2 atom stereocenters. The van der Waals surface area contributed by atoms with Gasteiger partial charge in [0, 0.05) is 0 Å². The predicted molar refractivity (Wildman–Crippen MR) is 64.8 cm³/mol. The minimum atomic E-state index is 0.426. The molecule has 1 aliphatic heterocycles. The second-order valence-electron chi connectivity index (χ2n) is 4.40. The van der Waals surface area contributed by atoms with Crippen LogP contribution < -0.4 is 5.32 Å². The number of nitrogens with one attached hydrogen (secondary N) is 1. The third kappa shape index (κ3) is 3.86. The molecule has 0 saturated heterocycles. The number of hydrogen-bond donors (Lipinski definition) is 1. The molecule has 1 rings (SSSR count).